The van der Waals surface area contributed by atoms with Crippen molar-refractivity contribution in [3.63, 3.8) is 0 Å². The third kappa shape index (κ3) is 3.65. The van der Waals surface area contributed by atoms with Crippen molar-refractivity contribution in [2.45, 2.75) is 3.79 Å². The van der Waals surface area contributed by atoms with Gasteiger partial charge >= 0.3 is 0 Å². The van der Waals surface area contributed by atoms with Crippen molar-refractivity contribution >= 4 is 50.7 Å². The molecule has 0 N–H and O–H groups in total. The molecule has 0 aromatic heterocycles. The molecule has 0 atom stereocenters. The molecule has 0 spiro atoms. The van der Waals surface area contributed by atoms with Crippen LogP contribution in [0.4, 0.5) is 0 Å². The summed E-state index contributed by atoms with van der Waals surface area (Å²) in [4.78, 5) is 0. The Morgan fingerprint density at radius 3 is 1.57 bits per heavy atom. The highest BCUT2D eigenvalue weighted by atomic mass is 79.9. The average Bonchev–Trinajstić information content (AvgIpc) is 1.31. The van der Waals surface area contributed by atoms with Crippen LogP contribution in [0.15, 0.2) is 11.1 Å². The topological polar surface area (TPSA) is 0 Å². The quantitative estimate of drug-likeness (QED) is 0.554. The Morgan fingerprint density at radius 1 is 1.43 bits per heavy atom. The van der Waals surface area contributed by atoms with Crippen molar-refractivity contribution in [3.05, 3.63) is 11.1 Å². The third-order valence-electron chi connectivity index (χ3n) is 0.308. The molecule has 0 bridgehead atoms. The molecule has 0 heterocycles. The van der Waals surface area contributed by atoms with Crippen molar-refractivity contribution in [1.82, 2.24) is 0 Å². The highest BCUT2D eigenvalue weighted by Gasteiger charge is 2.21. The second-order valence-corrected chi connectivity index (χ2v) is 4.14. The Bertz CT molecular complexity index is 82.7. The van der Waals surface area contributed by atoms with Crippen LogP contribution in [-0.2, 0) is 0 Å². The normalized spacial score (nSPS) is 11.4. The number of halogens is 4. The molecule has 0 fully saturated rings. The summed E-state index contributed by atoms with van der Waals surface area (Å²) >= 11 is 18.7. The fraction of sp³-hybridized carbons (Fsp3) is 0.333. The molecule has 0 aromatic rings. The summed E-state index contributed by atoms with van der Waals surface area (Å²) in [6, 6.07) is 0. The van der Waals surface area contributed by atoms with E-state index >= 15 is 0 Å². The smallest absolute Gasteiger partial charge is 0.0845 e. The molecular weight excluding hydrogens is 222 g/mol. The van der Waals surface area contributed by atoms with Gasteiger partial charge < -0.3 is 0 Å². The number of alkyl halides is 3. The number of hydrogen-bond donors (Lipinski definition) is 0. The standard InChI is InChI=1S/C3H2BrCl3/c1-2(4)3(5,6)7/h1H2. The molecule has 0 aliphatic carbocycles. The van der Waals surface area contributed by atoms with Gasteiger partial charge in [-0.2, -0.15) is 0 Å². The van der Waals surface area contributed by atoms with Crippen LogP contribution in [0.2, 0.25) is 0 Å². The molecule has 0 aliphatic heterocycles. The molecule has 0 amide bonds. The maximum absolute atomic E-state index is 5.25. The molecular formula is C3H2BrCl3. The molecule has 0 nitrogen and oxygen atoms in total. The molecule has 0 aromatic carbocycles. The van der Waals surface area contributed by atoms with Crippen molar-refractivity contribution < 1.29 is 0 Å². The number of rotatable bonds is 0. The summed E-state index contributed by atoms with van der Waals surface area (Å²) in [5.41, 5.74) is 0. The minimum atomic E-state index is -1.36. The number of allylic oxidation sites excluding steroid dienone is 1. The van der Waals surface area contributed by atoms with Crippen LogP contribution in [0.25, 0.3) is 0 Å². The van der Waals surface area contributed by atoms with Gasteiger partial charge in [0, 0.05) is 4.48 Å². The van der Waals surface area contributed by atoms with E-state index in [2.05, 4.69) is 22.5 Å². The summed E-state index contributed by atoms with van der Waals surface area (Å²) in [5.74, 6) is 0. The first kappa shape index (κ1) is 8.09. The van der Waals surface area contributed by atoms with E-state index in [9.17, 15) is 0 Å². The SMILES string of the molecule is C=C(Br)C(Cl)(Cl)Cl. The van der Waals surface area contributed by atoms with Crippen LogP contribution < -0.4 is 0 Å². The lowest BCUT2D eigenvalue weighted by Crippen LogP contribution is -1.98. The molecule has 0 aliphatic rings. The van der Waals surface area contributed by atoms with Crippen LogP contribution in [0, 0.1) is 0 Å². The minimum Gasteiger partial charge on any atom is -0.0845 e. The van der Waals surface area contributed by atoms with E-state index in [1.165, 1.54) is 0 Å². The van der Waals surface area contributed by atoms with Crippen LogP contribution in [0.1, 0.15) is 0 Å². The molecule has 7 heavy (non-hydrogen) atoms. The highest BCUT2D eigenvalue weighted by molar-refractivity contribution is 9.11. The summed E-state index contributed by atoms with van der Waals surface area (Å²) in [6.07, 6.45) is 0. The van der Waals surface area contributed by atoms with Gasteiger partial charge in [-0.3, -0.25) is 0 Å². The van der Waals surface area contributed by atoms with Crippen LogP contribution in [0.3, 0.4) is 0 Å². The minimum absolute atomic E-state index is 0.352. The predicted molar refractivity (Wildman–Crippen MR) is 38.4 cm³/mol. The first-order valence-electron chi connectivity index (χ1n) is 1.36. The van der Waals surface area contributed by atoms with Crippen LogP contribution >= 0.6 is 50.7 Å². The van der Waals surface area contributed by atoms with Gasteiger partial charge in [-0.05, 0) is 0 Å². The average molecular weight is 224 g/mol. The van der Waals surface area contributed by atoms with Gasteiger partial charge in [-0.15, -0.1) is 0 Å². The second kappa shape index (κ2) is 2.58. The van der Waals surface area contributed by atoms with Crippen LogP contribution in [-0.4, -0.2) is 3.79 Å². The van der Waals surface area contributed by atoms with Gasteiger partial charge in [-0.25, -0.2) is 0 Å². The van der Waals surface area contributed by atoms with E-state index in [1.807, 2.05) is 0 Å². The van der Waals surface area contributed by atoms with Crippen molar-refractivity contribution in [3.8, 4) is 0 Å². The summed E-state index contributed by atoms with van der Waals surface area (Å²) < 4.78 is -1.01. The Balaban J connectivity index is 3.79. The third-order valence-corrected chi connectivity index (χ3v) is 2.27. The second-order valence-electron chi connectivity index (χ2n) is 0.903. The summed E-state index contributed by atoms with van der Waals surface area (Å²) in [5, 5.41) is 0. The maximum Gasteiger partial charge on any atom is 0.221 e. The van der Waals surface area contributed by atoms with E-state index < -0.39 is 3.79 Å². The zero-order chi connectivity index (χ0) is 6.08. The summed E-state index contributed by atoms with van der Waals surface area (Å²) in [7, 11) is 0. The molecule has 0 rings (SSSR count). The molecule has 0 radical (unpaired) electrons. The van der Waals surface area contributed by atoms with Gasteiger partial charge in [-0.1, -0.05) is 57.3 Å². The van der Waals surface area contributed by atoms with Crippen molar-refractivity contribution in [1.29, 1.82) is 0 Å². The molecule has 0 saturated heterocycles. The molecule has 0 unspecified atom stereocenters. The van der Waals surface area contributed by atoms with Crippen molar-refractivity contribution in [2.24, 2.45) is 0 Å². The molecule has 4 heteroatoms. The number of hydrogen-bond acceptors (Lipinski definition) is 0. The molecule has 0 saturated carbocycles. The lowest BCUT2D eigenvalue weighted by atomic mass is 10.7. The lowest BCUT2D eigenvalue weighted by Gasteiger charge is -2.05. The Kier molecular flexibility index (Phi) is 2.99. The van der Waals surface area contributed by atoms with Gasteiger partial charge in [0.2, 0.25) is 3.79 Å². The Labute approximate surface area is 65.6 Å². The molecule has 42 valence electrons. The van der Waals surface area contributed by atoms with Crippen molar-refractivity contribution in [2.75, 3.05) is 0 Å². The van der Waals surface area contributed by atoms with Gasteiger partial charge in [0.15, 0.2) is 0 Å². The van der Waals surface area contributed by atoms with E-state index in [-0.39, 0.29) is 0 Å². The van der Waals surface area contributed by atoms with Crippen LogP contribution in [0.5, 0.6) is 0 Å². The van der Waals surface area contributed by atoms with E-state index in [4.69, 9.17) is 34.8 Å². The Hall–Kier alpha value is 1.09. The lowest BCUT2D eigenvalue weighted by molar-refractivity contribution is 1.46. The first-order valence-corrected chi connectivity index (χ1v) is 3.29. The van der Waals surface area contributed by atoms with Gasteiger partial charge in [0.25, 0.3) is 0 Å². The first-order chi connectivity index (χ1) is 2.94. The fourth-order valence-electron chi connectivity index (χ4n) is 0. The zero-order valence-corrected chi connectivity index (χ0v) is 7.07. The summed E-state index contributed by atoms with van der Waals surface area (Å²) in [6.45, 7) is 3.35. The zero-order valence-electron chi connectivity index (χ0n) is 3.22. The Morgan fingerprint density at radius 2 is 1.57 bits per heavy atom. The largest absolute Gasteiger partial charge is 0.221 e. The monoisotopic (exact) mass is 222 g/mol. The predicted octanol–water partition coefficient (Wildman–Crippen LogP) is 3.27. The van der Waals surface area contributed by atoms with E-state index in [1.54, 1.807) is 0 Å². The van der Waals surface area contributed by atoms with Gasteiger partial charge in [0.05, 0.1) is 0 Å². The van der Waals surface area contributed by atoms with E-state index in [0.29, 0.717) is 4.48 Å². The van der Waals surface area contributed by atoms with Gasteiger partial charge in [0.1, 0.15) is 0 Å². The highest BCUT2D eigenvalue weighted by Crippen LogP contribution is 2.36. The van der Waals surface area contributed by atoms with E-state index in [0.717, 1.165) is 0 Å². The maximum atomic E-state index is 5.25. The fourth-order valence-corrected chi connectivity index (χ4v) is 0.